The van der Waals surface area contributed by atoms with E-state index in [9.17, 15) is 9.59 Å². The summed E-state index contributed by atoms with van der Waals surface area (Å²) in [7, 11) is 1.53. The number of rotatable bonds is 6. The van der Waals surface area contributed by atoms with E-state index in [2.05, 4.69) is 5.32 Å². The zero-order valence-electron chi connectivity index (χ0n) is 17.6. The first-order valence-corrected chi connectivity index (χ1v) is 10.6. The Labute approximate surface area is 195 Å². The lowest BCUT2D eigenvalue weighted by atomic mass is 10.0. The molecule has 166 valence electrons. The first-order valence-electron chi connectivity index (χ1n) is 10.2. The number of amides is 2. The van der Waals surface area contributed by atoms with Gasteiger partial charge in [0, 0.05) is 5.69 Å². The van der Waals surface area contributed by atoms with Crippen molar-refractivity contribution in [1.82, 2.24) is 4.90 Å². The highest BCUT2D eigenvalue weighted by Crippen LogP contribution is 2.36. The van der Waals surface area contributed by atoms with E-state index in [-0.39, 0.29) is 24.9 Å². The van der Waals surface area contributed by atoms with Crippen LogP contribution in [0.25, 0.3) is 5.57 Å². The summed E-state index contributed by atoms with van der Waals surface area (Å²) in [6.45, 7) is 0.248. The number of hydrogen-bond donors (Lipinski definition) is 1. The first-order chi connectivity index (χ1) is 16.0. The van der Waals surface area contributed by atoms with Gasteiger partial charge >= 0.3 is 0 Å². The van der Waals surface area contributed by atoms with Crippen molar-refractivity contribution < 1.29 is 23.8 Å². The Morgan fingerprint density at radius 1 is 0.970 bits per heavy atom. The molecule has 2 amide bonds. The van der Waals surface area contributed by atoms with Gasteiger partial charge in [-0.25, -0.2) is 0 Å². The van der Waals surface area contributed by atoms with Crippen LogP contribution in [0, 0.1) is 0 Å². The average molecular weight is 463 g/mol. The van der Waals surface area contributed by atoms with Crippen molar-refractivity contribution in [2.24, 2.45) is 0 Å². The highest BCUT2D eigenvalue weighted by atomic mass is 35.5. The number of nitrogens with one attached hydrogen (secondary N) is 1. The molecule has 2 aliphatic heterocycles. The number of benzene rings is 3. The van der Waals surface area contributed by atoms with Crippen LogP contribution in [-0.4, -0.2) is 30.6 Å². The number of methoxy groups -OCH3 is 1. The number of nitrogens with zero attached hydrogens (tertiary/aromatic N) is 1. The molecule has 0 radical (unpaired) electrons. The molecule has 0 bridgehead atoms. The summed E-state index contributed by atoms with van der Waals surface area (Å²) < 4.78 is 16.0. The van der Waals surface area contributed by atoms with Crippen LogP contribution >= 0.6 is 11.6 Å². The second-order valence-electron chi connectivity index (χ2n) is 7.47. The van der Waals surface area contributed by atoms with Crippen molar-refractivity contribution in [2.75, 3.05) is 19.2 Å². The molecule has 33 heavy (non-hydrogen) atoms. The number of hydrogen-bond acceptors (Lipinski definition) is 6. The van der Waals surface area contributed by atoms with Gasteiger partial charge in [-0.05, 0) is 41.5 Å². The van der Waals surface area contributed by atoms with Crippen LogP contribution in [-0.2, 0) is 16.1 Å². The van der Waals surface area contributed by atoms with E-state index >= 15 is 0 Å². The van der Waals surface area contributed by atoms with Crippen LogP contribution in [0.1, 0.15) is 11.1 Å². The maximum atomic E-state index is 13.4. The summed E-state index contributed by atoms with van der Waals surface area (Å²) >= 11 is 6.25. The number of ether oxygens (including phenoxy) is 3. The molecule has 0 unspecified atom stereocenters. The molecule has 2 heterocycles. The van der Waals surface area contributed by atoms with Crippen molar-refractivity contribution in [1.29, 1.82) is 0 Å². The second kappa shape index (κ2) is 8.52. The van der Waals surface area contributed by atoms with E-state index in [0.717, 1.165) is 5.56 Å². The van der Waals surface area contributed by atoms with E-state index < -0.39 is 5.91 Å². The second-order valence-corrected chi connectivity index (χ2v) is 7.88. The largest absolute Gasteiger partial charge is 0.495 e. The number of fused-ring (bicyclic) bond motifs is 1. The van der Waals surface area contributed by atoms with Gasteiger partial charge < -0.3 is 19.5 Å². The minimum absolute atomic E-state index is 0.0964. The van der Waals surface area contributed by atoms with Gasteiger partial charge in [0.15, 0.2) is 11.5 Å². The Morgan fingerprint density at radius 2 is 1.76 bits per heavy atom. The monoisotopic (exact) mass is 462 g/mol. The fourth-order valence-corrected chi connectivity index (χ4v) is 4.08. The van der Waals surface area contributed by atoms with Crippen LogP contribution in [0.5, 0.6) is 17.2 Å². The van der Waals surface area contributed by atoms with E-state index in [1.807, 2.05) is 24.3 Å². The van der Waals surface area contributed by atoms with E-state index in [0.29, 0.717) is 39.1 Å². The van der Waals surface area contributed by atoms with E-state index in [1.54, 1.807) is 42.5 Å². The van der Waals surface area contributed by atoms with Crippen LogP contribution in [0.3, 0.4) is 0 Å². The molecule has 0 aromatic heterocycles. The molecule has 0 spiro atoms. The van der Waals surface area contributed by atoms with Crippen LogP contribution in [0.4, 0.5) is 5.69 Å². The summed E-state index contributed by atoms with van der Waals surface area (Å²) in [5, 5.41) is 3.49. The third-order valence-corrected chi connectivity index (χ3v) is 5.72. The number of carbonyl (C=O) groups is 2. The summed E-state index contributed by atoms with van der Waals surface area (Å²) in [6.07, 6.45) is 0. The Kier molecular flexibility index (Phi) is 5.40. The van der Waals surface area contributed by atoms with Gasteiger partial charge in [-0.2, -0.15) is 0 Å². The molecule has 3 aromatic carbocycles. The number of anilines is 1. The lowest BCUT2D eigenvalue weighted by Crippen LogP contribution is -2.32. The molecule has 0 saturated heterocycles. The molecule has 0 fully saturated rings. The maximum Gasteiger partial charge on any atom is 0.278 e. The highest BCUT2D eigenvalue weighted by Gasteiger charge is 2.39. The topological polar surface area (TPSA) is 77.1 Å². The molecule has 3 aromatic rings. The van der Waals surface area contributed by atoms with Gasteiger partial charge in [-0.3, -0.25) is 14.5 Å². The molecule has 0 aliphatic carbocycles. The molecule has 0 atom stereocenters. The van der Waals surface area contributed by atoms with Gasteiger partial charge in [0.1, 0.15) is 11.4 Å². The predicted octanol–water partition coefficient (Wildman–Crippen LogP) is 4.47. The zero-order chi connectivity index (χ0) is 22.9. The highest BCUT2D eigenvalue weighted by molar-refractivity contribution is 6.36. The summed E-state index contributed by atoms with van der Waals surface area (Å²) in [5.74, 6) is 0.931. The molecular formula is C25H19ClN2O5. The Hall–Kier alpha value is -3.97. The number of halogens is 1. The Balaban J connectivity index is 1.49. The normalized spacial score (nSPS) is 14.8. The quantitative estimate of drug-likeness (QED) is 0.545. The van der Waals surface area contributed by atoms with E-state index in [1.165, 1.54) is 12.0 Å². The third-order valence-electron chi connectivity index (χ3n) is 5.43. The SMILES string of the molecule is COc1ccc(NC2=C(c3ccccc3)C(=O)N(Cc3ccc4c(c3)OCO4)C2=O)cc1Cl. The Morgan fingerprint density at radius 3 is 2.52 bits per heavy atom. The standard InChI is InChI=1S/C25H19ClN2O5/c1-31-19-10-8-17(12-18(19)26)27-23-22(16-5-3-2-4-6-16)24(29)28(25(23)30)13-15-7-9-20-21(11-15)33-14-32-20/h2-12,27H,13-14H2,1H3. The smallest absolute Gasteiger partial charge is 0.278 e. The predicted molar refractivity (Wildman–Crippen MR) is 123 cm³/mol. The van der Waals surface area contributed by atoms with Gasteiger partial charge in [-0.15, -0.1) is 0 Å². The van der Waals surface area contributed by atoms with Crippen molar-refractivity contribution in [3.8, 4) is 17.2 Å². The molecule has 7 nitrogen and oxygen atoms in total. The minimum Gasteiger partial charge on any atom is -0.495 e. The van der Waals surface area contributed by atoms with Gasteiger partial charge in [0.25, 0.3) is 11.8 Å². The molecule has 2 aliphatic rings. The van der Waals surface area contributed by atoms with Crippen molar-refractivity contribution in [2.45, 2.75) is 6.54 Å². The average Bonchev–Trinajstić information content (AvgIpc) is 3.38. The molecule has 1 N–H and O–H groups in total. The maximum absolute atomic E-state index is 13.4. The van der Waals surface area contributed by atoms with Crippen LogP contribution in [0.15, 0.2) is 72.4 Å². The third kappa shape index (κ3) is 3.87. The van der Waals surface area contributed by atoms with Crippen molar-refractivity contribution in [3.63, 3.8) is 0 Å². The fourth-order valence-electron chi connectivity index (χ4n) is 3.82. The van der Waals surface area contributed by atoms with Crippen molar-refractivity contribution in [3.05, 3.63) is 88.6 Å². The summed E-state index contributed by atoms with van der Waals surface area (Å²) in [4.78, 5) is 28.1. The molecular weight excluding hydrogens is 444 g/mol. The summed E-state index contributed by atoms with van der Waals surface area (Å²) in [6, 6.07) is 19.5. The minimum atomic E-state index is -0.427. The Bertz CT molecular complexity index is 1290. The number of imide groups is 1. The number of carbonyl (C=O) groups excluding carboxylic acids is 2. The lowest BCUT2D eigenvalue weighted by Gasteiger charge is -2.16. The summed E-state index contributed by atoms with van der Waals surface area (Å²) in [5.41, 5.74) is 2.45. The van der Waals surface area contributed by atoms with Gasteiger partial charge in [0.05, 0.1) is 24.3 Å². The molecule has 5 rings (SSSR count). The lowest BCUT2D eigenvalue weighted by molar-refractivity contribution is -0.137. The van der Waals surface area contributed by atoms with Crippen LogP contribution in [0.2, 0.25) is 5.02 Å². The first kappa shape index (κ1) is 20.9. The zero-order valence-corrected chi connectivity index (χ0v) is 18.4. The fraction of sp³-hybridized carbons (Fsp3) is 0.120. The van der Waals surface area contributed by atoms with Gasteiger partial charge in [-0.1, -0.05) is 48.0 Å². The van der Waals surface area contributed by atoms with Crippen LogP contribution < -0.4 is 19.5 Å². The molecule has 8 heteroatoms. The van der Waals surface area contributed by atoms with Crippen molar-refractivity contribution >= 4 is 34.7 Å². The van der Waals surface area contributed by atoms with Gasteiger partial charge in [0.2, 0.25) is 6.79 Å². The van der Waals surface area contributed by atoms with E-state index in [4.69, 9.17) is 25.8 Å². The molecule has 0 saturated carbocycles.